The second kappa shape index (κ2) is 14.7. The van der Waals surface area contributed by atoms with Crippen molar-refractivity contribution in [3.05, 3.63) is 126 Å². The first-order valence-electron chi connectivity index (χ1n) is 14.2. The Labute approximate surface area is 258 Å². The van der Waals surface area contributed by atoms with Gasteiger partial charge in [0.1, 0.15) is 24.2 Å². The Morgan fingerprint density at radius 3 is 2.16 bits per heavy atom. The maximum absolute atomic E-state index is 14.3. The van der Waals surface area contributed by atoms with Crippen LogP contribution in [-0.2, 0) is 32.6 Å². The molecule has 8 nitrogen and oxygen atoms in total. The highest BCUT2D eigenvalue weighted by atomic mass is 32.2. The molecule has 0 aromatic heterocycles. The Kier molecular flexibility index (Phi) is 10.7. The number of carbonyl (C=O) groups excluding carboxylic acids is 2. The van der Waals surface area contributed by atoms with Crippen molar-refractivity contribution in [1.82, 2.24) is 10.2 Å². The molecule has 4 aromatic carbocycles. The minimum Gasteiger partial charge on any atom is -0.494 e. The van der Waals surface area contributed by atoms with Crippen molar-refractivity contribution >= 4 is 27.5 Å². The first-order chi connectivity index (χ1) is 21.1. The van der Waals surface area contributed by atoms with Crippen LogP contribution in [-0.4, -0.2) is 51.4 Å². The van der Waals surface area contributed by atoms with Crippen LogP contribution in [0.5, 0.6) is 5.75 Å². The van der Waals surface area contributed by atoms with E-state index in [0.717, 1.165) is 45.3 Å². The number of hydrogen-bond acceptors (Lipinski definition) is 5. The number of carbonyl (C=O) groups is 2. The summed E-state index contributed by atoms with van der Waals surface area (Å²) in [6.45, 7) is 3.64. The van der Waals surface area contributed by atoms with Gasteiger partial charge in [0.2, 0.25) is 11.8 Å². The third-order valence-corrected chi connectivity index (χ3v) is 8.86. The van der Waals surface area contributed by atoms with E-state index in [1.807, 2.05) is 68.4 Å². The fourth-order valence-electron chi connectivity index (χ4n) is 4.87. The van der Waals surface area contributed by atoms with E-state index in [-0.39, 0.29) is 29.5 Å². The van der Waals surface area contributed by atoms with Crippen molar-refractivity contribution in [2.75, 3.05) is 24.5 Å². The predicted octanol–water partition coefficient (Wildman–Crippen LogP) is 5.11. The number of rotatable bonds is 13. The highest BCUT2D eigenvalue weighted by molar-refractivity contribution is 7.92. The van der Waals surface area contributed by atoms with E-state index in [9.17, 15) is 22.4 Å². The summed E-state index contributed by atoms with van der Waals surface area (Å²) in [6, 6.07) is 26.7. The van der Waals surface area contributed by atoms with Crippen LogP contribution in [0, 0.1) is 12.7 Å². The minimum absolute atomic E-state index is 0.0686. The topological polar surface area (TPSA) is 96.0 Å². The van der Waals surface area contributed by atoms with Gasteiger partial charge in [-0.3, -0.25) is 13.9 Å². The van der Waals surface area contributed by atoms with Crippen molar-refractivity contribution in [2.45, 2.75) is 37.8 Å². The van der Waals surface area contributed by atoms with Crippen molar-refractivity contribution < 1.29 is 27.1 Å². The third kappa shape index (κ3) is 8.02. The molecule has 0 saturated carbocycles. The summed E-state index contributed by atoms with van der Waals surface area (Å²) in [7, 11) is -2.84. The van der Waals surface area contributed by atoms with Gasteiger partial charge in [-0.05, 0) is 73.5 Å². The van der Waals surface area contributed by atoms with E-state index in [1.165, 1.54) is 11.9 Å². The second-order valence-electron chi connectivity index (χ2n) is 10.2. The van der Waals surface area contributed by atoms with E-state index in [4.69, 9.17) is 4.74 Å². The first kappa shape index (κ1) is 32.2. The van der Waals surface area contributed by atoms with Gasteiger partial charge in [0, 0.05) is 20.0 Å². The molecular formula is C34H36FN3O5S. The maximum Gasteiger partial charge on any atom is 0.264 e. The summed E-state index contributed by atoms with van der Waals surface area (Å²) in [5.41, 5.74) is 2.81. The molecule has 10 heteroatoms. The van der Waals surface area contributed by atoms with Crippen molar-refractivity contribution in [3.63, 3.8) is 0 Å². The Bertz CT molecular complexity index is 1660. The fourth-order valence-corrected chi connectivity index (χ4v) is 6.28. The normalized spacial score (nSPS) is 11.8. The van der Waals surface area contributed by atoms with Crippen LogP contribution in [0.4, 0.5) is 10.1 Å². The average Bonchev–Trinajstić information content (AvgIpc) is 3.02. The highest BCUT2D eigenvalue weighted by Crippen LogP contribution is 2.27. The molecule has 1 N–H and O–H groups in total. The Morgan fingerprint density at radius 1 is 0.886 bits per heavy atom. The number of hydrogen-bond donors (Lipinski definition) is 1. The summed E-state index contributed by atoms with van der Waals surface area (Å²) in [4.78, 5) is 28.9. The number of anilines is 1. The van der Waals surface area contributed by atoms with E-state index in [2.05, 4.69) is 5.32 Å². The number of benzene rings is 4. The van der Waals surface area contributed by atoms with Crippen LogP contribution in [0.25, 0.3) is 0 Å². The van der Waals surface area contributed by atoms with Crippen LogP contribution in [0.2, 0.25) is 0 Å². The van der Waals surface area contributed by atoms with E-state index < -0.39 is 34.3 Å². The zero-order valence-corrected chi connectivity index (χ0v) is 25.8. The number of ether oxygens (including phenoxy) is 1. The van der Waals surface area contributed by atoms with Crippen LogP contribution < -0.4 is 14.4 Å². The van der Waals surface area contributed by atoms with Gasteiger partial charge in [0.15, 0.2) is 0 Å². The van der Waals surface area contributed by atoms with Gasteiger partial charge >= 0.3 is 0 Å². The molecule has 0 fully saturated rings. The zero-order chi connectivity index (χ0) is 31.7. The molecule has 4 aromatic rings. The van der Waals surface area contributed by atoms with Gasteiger partial charge < -0.3 is 15.0 Å². The predicted molar refractivity (Wildman–Crippen MR) is 168 cm³/mol. The SMILES string of the molecule is CCOc1ccc(N(CC(=O)N(Cc2cccc(C)c2)C(Cc2ccccc2)C(=O)NC)S(=O)(=O)c2ccc(F)cc2)cc1. The Balaban J connectivity index is 1.78. The van der Waals surface area contributed by atoms with E-state index in [1.54, 1.807) is 24.3 Å². The zero-order valence-electron chi connectivity index (χ0n) is 24.9. The molecule has 44 heavy (non-hydrogen) atoms. The Morgan fingerprint density at radius 2 is 1.55 bits per heavy atom. The van der Waals surface area contributed by atoms with Gasteiger partial charge in [0.05, 0.1) is 17.2 Å². The van der Waals surface area contributed by atoms with Crippen LogP contribution in [0.15, 0.2) is 108 Å². The Hall–Kier alpha value is -4.70. The van der Waals surface area contributed by atoms with Crippen LogP contribution in [0.1, 0.15) is 23.6 Å². The van der Waals surface area contributed by atoms with Crippen molar-refractivity contribution in [2.24, 2.45) is 0 Å². The number of aryl methyl sites for hydroxylation is 1. The standard InChI is InChI=1S/C34H36FN3O5S/c1-4-43-30-17-15-29(16-18-30)38(44(41,42)31-19-13-28(35)14-20-31)24-33(39)37(23-27-12-8-9-25(2)21-27)32(34(40)36-3)22-26-10-6-5-7-11-26/h5-21,32H,4,22-24H2,1-3H3,(H,36,40). The third-order valence-electron chi connectivity index (χ3n) is 7.07. The smallest absolute Gasteiger partial charge is 0.264 e. The molecule has 1 atom stereocenters. The van der Waals surface area contributed by atoms with Gasteiger partial charge in [-0.1, -0.05) is 60.2 Å². The molecular weight excluding hydrogens is 581 g/mol. The lowest BCUT2D eigenvalue weighted by Crippen LogP contribution is -2.53. The van der Waals surface area contributed by atoms with Crippen molar-refractivity contribution in [1.29, 1.82) is 0 Å². The lowest BCUT2D eigenvalue weighted by molar-refractivity contribution is -0.139. The molecule has 230 valence electrons. The monoisotopic (exact) mass is 617 g/mol. The van der Waals surface area contributed by atoms with Crippen molar-refractivity contribution in [3.8, 4) is 5.75 Å². The molecule has 1 unspecified atom stereocenters. The summed E-state index contributed by atoms with van der Waals surface area (Å²) >= 11 is 0. The molecule has 0 radical (unpaired) electrons. The molecule has 0 saturated heterocycles. The minimum atomic E-state index is -4.34. The molecule has 0 heterocycles. The molecule has 0 aliphatic carbocycles. The van der Waals surface area contributed by atoms with Gasteiger partial charge in [-0.15, -0.1) is 0 Å². The fraction of sp³-hybridized carbons (Fsp3) is 0.235. The largest absolute Gasteiger partial charge is 0.494 e. The number of sulfonamides is 1. The molecule has 0 aliphatic rings. The quantitative estimate of drug-likeness (QED) is 0.225. The molecule has 0 spiro atoms. The number of halogens is 1. The molecule has 0 aliphatic heterocycles. The number of amides is 2. The molecule has 0 bridgehead atoms. The van der Waals surface area contributed by atoms with E-state index in [0.29, 0.717) is 12.4 Å². The van der Waals surface area contributed by atoms with E-state index >= 15 is 0 Å². The highest BCUT2D eigenvalue weighted by Gasteiger charge is 2.34. The van der Waals surface area contributed by atoms with Gasteiger partial charge in [0.25, 0.3) is 10.0 Å². The summed E-state index contributed by atoms with van der Waals surface area (Å²) in [5, 5.41) is 2.67. The maximum atomic E-state index is 14.3. The number of likely N-dealkylation sites (N-methyl/N-ethyl adjacent to an activating group) is 1. The van der Waals surface area contributed by atoms with Crippen LogP contribution >= 0.6 is 0 Å². The molecule has 4 rings (SSSR count). The van der Waals surface area contributed by atoms with Gasteiger partial charge in [-0.25, -0.2) is 12.8 Å². The van der Waals surface area contributed by atoms with Crippen LogP contribution in [0.3, 0.4) is 0 Å². The van der Waals surface area contributed by atoms with Gasteiger partial charge in [-0.2, -0.15) is 0 Å². The number of nitrogens with one attached hydrogen (secondary N) is 1. The lowest BCUT2D eigenvalue weighted by atomic mass is 10.0. The summed E-state index contributed by atoms with van der Waals surface area (Å²) < 4.78 is 48.2. The lowest BCUT2D eigenvalue weighted by Gasteiger charge is -2.33. The summed E-state index contributed by atoms with van der Waals surface area (Å²) in [6.07, 6.45) is 0.214. The second-order valence-corrected chi connectivity index (χ2v) is 12.1. The molecule has 2 amide bonds. The average molecular weight is 618 g/mol. The number of nitrogens with zero attached hydrogens (tertiary/aromatic N) is 2. The summed E-state index contributed by atoms with van der Waals surface area (Å²) in [5.74, 6) is -1.03. The first-order valence-corrected chi connectivity index (χ1v) is 15.7.